The number of aromatic hydroxyl groups is 1. The third-order valence-electron chi connectivity index (χ3n) is 3.00. The van der Waals surface area contributed by atoms with Gasteiger partial charge in [-0.2, -0.15) is 0 Å². The van der Waals surface area contributed by atoms with E-state index in [1.54, 1.807) is 31.2 Å². The summed E-state index contributed by atoms with van der Waals surface area (Å²) in [5, 5.41) is 12.7. The van der Waals surface area contributed by atoms with Gasteiger partial charge >= 0.3 is 0 Å². The average Bonchev–Trinajstić information content (AvgIpc) is 2.40. The zero-order valence-electron chi connectivity index (χ0n) is 10.7. The SMILES string of the molecule is Cc1ccc(NC(=O)c2ccccc2Br)c(C)c1O. The van der Waals surface area contributed by atoms with E-state index in [4.69, 9.17) is 0 Å². The molecule has 0 heterocycles. The van der Waals surface area contributed by atoms with Gasteiger partial charge in [-0.1, -0.05) is 18.2 Å². The van der Waals surface area contributed by atoms with Crippen molar-refractivity contribution in [3.8, 4) is 5.75 Å². The number of phenols is 1. The van der Waals surface area contributed by atoms with E-state index in [0.717, 1.165) is 10.0 Å². The molecule has 0 aliphatic heterocycles. The quantitative estimate of drug-likeness (QED) is 0.878. The molecule has 0 aliphatic carbocycles. The highest BCUT2D eigenvalue weighted by atomic mass is 79.9. The number of aryl methyl sites for hydroxylation is 1. The lowest BCUT2D eigenvalue weighted by Crippen LogP contribution is -2.13. The third kappa shape index (κ3) is 2.79. The van der Waals surface area contributed by atoms with Crippen LogP contribution in [0.5, 0.6) is 5.75 Å². The molecular formula is C15H14BrNO2. The first-order valence-electron chi connectivity index (χ1n) is 5.85. The van der Waals surface area contributed by atoms with Crippen LogP contribution in [0.15, 0.2) is 40.9 Å². The van der Waals surface area contributed by atoms with Gasteiger partial charge in [-0.25, -0.2) is 0 Å². The van der Waals surface area contributed by atoms with Gasteiger partial charge in [0.25, 0.3) is 5.91 Å². The number of halogens is 1. The maximum atomic E-state index is 12.2. The van der Waals surface area contributed by atoms with E-state index in [0.29, 0.717) is 16.8 Å². The Labute approximate surface area is 120 Å². The average molecular weight is 320 g/mol. The predicted molar refractivity (Wildman–Crippen MR) is 79.7 cm³/mol. The molecule has 0 aromatic heterocycles. The van der Waals surface area contributed by atoms with E-state index in [9.17, 15) is 9.90 Å². The fourth-order valence-corrected chi connectivity index (χ4v) is 2.27. The summed E-state index contributed by atoms with van der Waals surface area (Å²) in [4.78, 5) is 12.2. The van der Waals surface area contributed by atoms with Crippen LogP contribution in [0.4, 0.5) is 5.69 Å². The van der Waals surface area contributed by atoms with E-state index < -0.39 is 0 Å². The molecule has 0 aliphatic rings. The van der Waals surface area contributed by atoms with Gasteiger partial charge in [0.2, 0.25) is 0 Å². The van der Waals surface area contributed by atoms with Crippen molar-refractivity contribution in [2.45, 2.75) is 13.8 Å². The van der Waals surface area contributed by atoms with E-state index in [2.05, 4.69) is 21.2 Å². The van der Waals surface area contributed by atoms with Gasteiger partial charge in [-0.15, -0.1) is 0 Å². The lowest BCUT2D eigenvalue weighted by atomic mass is 10.1. The van der Waals surface area contributed by atoms with Crippen molar-refractivity contribution >= 4 is 27.5 Å². The molecule has 0 saturated heterocycles. The molecule has 3 nitrogen and oxygen atoms in total. The largest absolute Gasteiger partial charge is 0.507 e. The molecule has 0 bridgehead atoms. The molecule has 98 valence electrons. The van der Waals surface area contributed by atoms with Gasteiger partial charge in [0.1, 0.15) is 5.75 Å². The first kappa shape index (κ1) is 13.6. The summed E-state index contributed by atoms with van der Waals surface area (Å²) in [6, 6.07) is 10.8. The number of nitrogens with one attached hydrogen (secondary N) is 1. The molecule has 0 saturated carbocycles. The number of anilines is 1. The Balaban J connectivity index is 2.30. The lowest BCUT2D eigenvalue weighted by molar-refractivity contribution is 0.102. The molecule has 0 unspecified atom stereocenters. The maximum absolute atomic E-state index is 12.2. The summed E-state index contributed by atoms with van der Waals surface area (Å²) >= 11 is 3.34. The van der Waals surface area contributed by atoms with Crippen LogP contribution < -0.4 is 5.32 Å². The molecule has 2 aromatic carbocycles. The predicted octanol–water partition coefficient (Wildman–Crippen LogP) is 4.02. The summed E-state index contributed by atoms with van der Waals surface area (Å²) in [5.74, 6) is 0.00348. The molecule has 0 radical (unpaired) electrons. The van der Waals surface area contributed by atoms with Crippen LogP contribution in [-0.4, -0.2) is 11.0 Å². The van der Waals surface area contributed by atoms with Crippen LogP contribution in [-0.2, 0) is 0 Å². The summed E-state index contributed by atoms with van der Waals surface area (Å²) in [6.07, 6.45) is 0. The Bertz CT molecular complexity index is 638. The van der Waals surface area contributed by atoms with Crippen LogP contribution in [0.3, 0.4) is 0 Å². The number of benzene rings is 2. The number of amides is 1. The second kappa shape index (κ2) is 5.45. The highest BCUT2D eigenvalue weighted by Gasteiger charge is 2.12. The van der Waals surface area contributed by atoms with E-state index in [1.165, 1.54) is 0 Å². The summed E-state index contributed by atoms with van der Waals surface area (Å²) < 4.78 is 0.737. The van der Waals surface area contributed by atoms with E-state index in [-0.39, 0.29) is 11.7 Å². The van der Waals surface area contributed by atoms with Gasteiger partial charge in [-0.3, -0.25) is 4.79 Å². The Morgan fingerprint density at radius 3 is 2.53 bits per heavy atom. The minimum Gasteiger partial charge on any atom is -0.507 e. The molecule has 19 heavy (non-hydrogen) atoms. The highest BCUT2D eigenvalue weighted by molar-refractivity contribution is 9.10. The fourth-order valence-electron chi connectivity index (χ4n) is 1.81. The van der Waals surface area contributed by atoms with Crippen molar-refractivity contribution in [2.75, 3.05) is 5.32 Å². The highest BCUT2D eigenvalue weighted by Crippen LogP contribution is 2.28. The zero-order valence-corrected chi connectivity index (χ0v) is 12.3. The fraction of sp³-hybridized carbons (Fsp3) is 0.133. The molecule has 2 aromatic rings. The molecule has 4 heteroatoms. The first-order valence-corrected chi connectivity index (χ1v) is 6.65. The van der Waals surface area contributed by atoms with E-state index >= 15 is 0 Å². The van der Waals surface area contributed by atoms with Crippen LogP contribution in [0.25, 0.3) is 0 Å². The normalized spacial score (nSPS) is 10.3. The van der Waals surface area contributed by atoms with Gasteiger partial charge in [0.15, 0.2) is 0 Å². The molecule has 0 spiro atoms. The van der Waals surface area contributed by atoms with Gasteiger partial charge in [0, 0.05) is 15.7 Å². The molecule has 2 N–H and O–H groups in total. The molecular weight excluding hydrogens is 306 g/mol. The summed E-state index contributed by atoms with van der Waals surface area (Å²) in [5.41, 5.74) is 2.63. The van der Waals surface area contributed by atoms with Crippen molar-refractivity contribution in [3.05, 3.63) is 57.6 Å². The van der Waals surface area contributed by atoms with Crippen LogP contribution in [0, 0.1) is 13.8 Å². The van der Waals surface area contributed by atoms with E-state index in [1.807, 2.05) is 19.1 Å². The number of hydrogen-bond donors (Lipinski definition) is 2. The molecule has 1 amide bonds. The second-order valence-corrected chi connectivity index (χ2v) is 5.19. The van der Waals surface area contributed by atoms with Gasteiger partial charge < -0.3 is 10.4 Å². The van der Waals surface area contributed by atoms with Crippen molar-refractivity contribution in [1.29, 1.82) is 0 Å². The monoisotopic (exact) mass is 319 g/mol. The van der Waals surface area contributed by atoms with Gasteiger partial charge in [-0.05, 0) is 53.5 Å². The minimum atomic E-state index is -0.209. The Morgan fingerprint density at radius 2 is 1.84 bits per heavy atom. The Kier molecular flexibility index (Phi) is 3.90. The van der Waals surface area contributed by atoms with Crippen LogP contribution in [0.1, 0.15) is 21.5 Å². The molecule has 0 atom stereocenters. The van der Waals surface area contributed by atoms with Crippen LogP contribution >= 0.6 is 15.9 Å². The van der Waals surface area contributed by atoms with Crippen molar-refractivity contribution in [1.82, 2.24) is 0 Å². The van der Waals surface area contributed by atoms with Crippen molar-refractivity contribution in [2.24, 2.45) is 0 Å². The smallest absolute Gasteiger partial charge is 0.256 e. The standard InChI is InChI=1S/C15H14BrNO2/c1-9-7-8-13(10(2)14(9)18)17-15(19)11-5-3-4-6-12(11)16/h3-8,18H,1-2H3,(H,17,19). The first-order chi connectivity index (χ1) is 9.00. The summed E-state index contributed by atoms with van der Waals surface area (Å²) in [7, 11) is 0. The Morgan fingerprint density at radius 1 is 1.16 bits per heavy atom. The number of carbonyl (C=O) groups excluding carboxylic acids is 1. The van der Waals surface area contributed by atoms with Crippen molar-refractivity contribution < 1.29 is 9.90 Å². The van der Waals surface area contributed by atoms with Gasteiger partial charge in [0.05, 0.1) is 5.56 Å². The van der Waals surface area contributed by atoms with Crippen molar-refractivity contribution in [3.63, 3.8) is 0 Å². The number of rotatable bonds is 2. The number of carbonyl (C=O) groups is 1. The van der Waals surface area contributed by atoms with Crippen LogP contribution in [0.2, 0.25) is 0 Å². The topological polar surface area (TPSA) is 49.3 Å². The number of hydrogen-bond acceptors (Lipinski definition) is 2. The lowest BCUT2D eigenvalue weighted by Gasteiger charge is -2.12. The third-order valence-corrected chi connectivity index (χ3v) is 3.69. The Hall–Kier alpha value is -1.81. The minimum absolute atomic E-state index is 0.209. The second-order valence-electron chi connectivity index (χ2n) is 4.34. The summed E-state index contributed by atoms with van der Waals surface area (Å²) in [6.45, 7) is 3.60. The number of phenolic OH excluding ortho intramolecular Hbond substituents is 1. The molecule has 0 fully saturated rings. The molecule has 2 rings (SSSR count). The maximum Gasteiger partial charge on any atom is 0.256 e. The zero-order chi connectivity index (χ0) is 14.0.